The predicted octanol–water partition coefficient (Wildman–Crippen LogP) is 3.97. The van der Waals surface area contributed by atoms with Crippen molar-refractivity contribution in [2.45, 2.75) is 6.18 Å². The normalized spacial score (nSPS) is 11.5. The highest BCUT2D eigenvalue weighted by atomic mass is 32.1. The number of nitrogens with two attached hydrogens (primary N) is 1. The van der Waals surface area contributed by atoms with Gasteiger partial charge in [0.15, 0.2) is 0 Å². The molecular weight excluding hydrogens is 345 g/mol. The summed E-state index contributed by atoms with van der Waals surface area (Å²) < 4.78 is 44.7. The standard InChI is InChI=1S/C14H9F3N4O2S/c15-14(16,17)8-4-2-1-3-7(8)10-5-9(20-13(18)22)11(24-10)12-21-19-6-23-12/h1-6H,(H3,18,20,22). The quantitative estimate of drug-likeness (QED) is 0.744. The van der Waals surface area contributed by atoms with E-state index < -0.39 is 17.8 Å². The number of anilines is 1. The lowest BCUT2D eigenvalue weighted by atomic mass is 10.1. The van der Waals surface area contributed by atoms with Crippen LogP contribution in [0.25, 0.3) is 21.2 Å². The smallest absolute Gasteiger partial charge is 0.417 e. The van der Waals surface area contributed by atoms with Gasteiger partial charge in [-0.1, -0.05) is 18.2 Å². The Morgan fingerprint density at radius 3 is 2.67 bits per heavy atom. The fourth-order valence-corrected chi connectivity index (χ4v) is 3.21. The lowest BCUT2D eigenvalue weighted by Gasteiger charge is -2.11. The number of amides is 2. The van der Waals surface area contributed by atoms with Crippen LogP contribution in [0, 0.1) is 0 Å². The van der Waals surface area contributed by atoms with Gasteiger partial charge in [0.1, 0.15) is 4.88 Å². The molecule has 124 valence electrons. The Morgan fingerprint density at radius 2 is 2.04 bits per heavy atom. The van der Waals surface area contributed by atoms with Crippen molar-refractivity contribution in [1.82, 2.24) is 10.2 Å². The Balaban J connectivity index is 2.15. The second-order valence-electron chi connectivity index (χ2n) is 4.63. The molecule has 2 amide bonds. The van der Waals surface area contributed by atoms with Crippen LogP contribution in [0.2, 0.25) is 0 Å². The van der Waals surface area contributed by atoms with Crippen LogP contribution in [0.4, 0.5) is 23.7 Å². The van der Waals surface area contributed by atoms with E-state index in [0.29, 0.717) is 4.88 Å². The number of urea groups is 1. The van der Waals surface area contributed by atoms with E-state index in [-0.39, 0.29) is 22.0 Å². The van der Waals surface area contributed by atoms with Crippen molar-refractivity contribution < 1.29 is 22.4 Å². The van der Waals surface area contributed by atoms with Crippen LogP contribution in [0.3, 0.4) is 0 Å². The van der Waals surface area contributed by atoms with Gasteiger partial charge in [0, 0.05) is 10.4 Å². The number of primary amides is 1. The molecule has 2 aromatic heterocycles. The molecule has 24 heavy (non-hydrogen) atoms. The number of nitrogens with zero attached hydrogens (tertiary/aromatic N) is 2. The van der Waals surface area contributed by atoms with E-state index >= 15 is 0 Å². The van der Waals surface area contributed by atoms with Gasteiger partial charge in [-0.2, -0.15) is 13.2 Å². The third-order valence-electron chi connectivity index (χ3n) is 3.04. The van der Waals surface area contributed by atoms with Crippen LogP contribution < -0.4 is 11.1 Å². The summed E-state index contributed by atoms with van der Waals surface area (Å²) in [6, 6.07) is 5.67. The van der Waals surface area contributed by atoms with E-state index in [1.807, 2.05) is 0 Å². The highest BCUT2D eigenvalue weighted by Crippen LogP contribution is 2.44. The van der Waals surface area contributed by atoms with Crippen LogP contribution >= 0.6 is 11.3 Å². The van der Waals surface area contributed by atoms with Gasteiger partial charge in [0.05, 0.1) is 11.3 Å². The van der Waals surface area contributed by atoms with Crippen LogP contribution in [0.1, 0.15) is 5.56 Å². The van der Waals surface area contributed by atoms with Crippen molar-refractivity contribution in [3.05, 3.63) is 42.3 Å². The van der Waals surface area contributed by atoms with Gasteiger partial charge in [0.2, 0.25) is 6.39 Å². The number of thiophene rings is 1. The minimum absolute atomic E-state index is 0.0201. The molecule has 0 atom stereocenters. The fourth-order valence-electron chi connectivity index (χ4n) is 2.13. The highest BCUT2D eigenvalue weighted by molar-refractivity contribution is 7.19. The monoisotopic (exact) mass is 354 g/mol. The van der Waals surface area contributed by atoms with Crippen molar-refractivity contribution in [2.24, 2.45) is 5.73 Å². The summed E-state index contributed by atoms with van der Waals surface area (Å²) >= 11 is 0.976. The van der Waals surface area contributed by atoms with Crippen LogP contribution in [0.15, 0.2) is 41.1 Å². The molecule has 3 N–H and O–H groups in total. The molecule has 3 rings (SSSR count). The van der Waals surface area contributed by atoms with Gasteiger partial charge >= 0.3 is 12.2 Å². The summed E-state index contributed by atoms with van der Waals surface area (Å²) in [7, 11) is 0. The summed E-state index contributed by atoms with van der Waals surface area (Å²) in [5.74, 6) is 0.0690. The first-order chi connectivity index (χ1) is 11.4. The van der Waals surface area contributed by atoms with Crippen molar-refractivity contribution in [3.8, 4) is 21.2 Å². The highest BCUT2D eigenvalue weighted by Gasteiger charge is 2.34. The molecule has 0 spiro atoms. The summed E-state index contributed by atoms with van der Waals surface area (Å²) in [5.41, 5.74) is 4.50. The second-order valence-corrected chi connectivity index (χ2v) is 5.68. The average molecular weight is 354 g/mol. The molecule has 0 bridgehead atoms. The summed E-state index contributed by atoms with van der Waals surface area (Å²) in [6.07, 6.45) is -3.44. The molecular formula is C14H9F3N4O2S. The van der Waals surface area contributed by atoms with E-state index in [0.717, 1.165) is 23.8 Å². The summed E-state index contributed by atoms with van der Waals surface area (Å²) in [4.78, 5) is 11.7. The summed E-state index contributed by atoms with van der Waals surface area (Å²) in [5, 5.41) is 9.59. The van der Waals surface area contributed by atoms with Gasteiger partial charge in [-0.25, -0.2) is 4.79 Å². The van der Waals surface area contributed by atoms with Crippen LogP contribution in [-0.4, -0.2) is 16.2 Å². The van der Waals surface area contributed by atoms with Gasteiger partial charge in [-0.3, -0.25) is 0 Å². The maximum Gasteiger partial charge on any atom is 0.417 e. The molecule has 0 unspecified atom stereocenters. The number of nitrogens with one attached hydrogen (secondary N) is 1. The zero-order valence-corrected chi connectivity index (χ0v) is 12.6. The van der Waals surface area contributed by atoms with Crippen molar-refractivity contribution in [1.29, 1.82) is 0 Å². The van der Waals surface area contributed by atoms with E-state index in [1.54, 1.807) is 0 Å². The largest absolute Gasteiger partial charge is 0.423 e. The lowest BCUT2D eigenvalue weighted by Crippen LogP contribution is -2.19. The Morgan fingerprint density at radius 1 is 1.29 bits per heavy atom. The minimum atomic E-state index is -4.51. The second kappa shape index (κ2) is 5.96. The molecule has 10 heteroatoms. The topological polar surface area (TPSA) is 94.0 Å². The van der Waals surface area contributed by atoms with Crippen LogP contribution in [0.5, 0.6) is 0 Å². The number of hydrogen-bond acceptors (Lipinski definition) is 5. The fraction of sp³-hybridized carbons (Fsp3) is 0.0714. The molecule has 0 radical (unpaired) electrons. The molecule has 6 nitrogen and oxygen atoms in total. The van der Waals surface area contributed by atoms with E-state index in [4.69, 9.17) is 10.2 Å². The first kappa shape index (κ1) is 16.0. The summed E-state index contributed by atoms with van der Waals surface area (Å²) in [6.45, 7) is 0. The Hall–Kier alpha value is -2.88. The van der Waals surface area contributed by atoms with E-state index in [1.165, 1.54) is 24.3 Å². The maximum atomic E-state index is 13.2. The minimum Gasteiger partial charge on any atom is -0.423 e. The number of halogens is 3. The number of hydrogen-bond donors (Lipinski definition) is 2. The molecule has 0 aliphatic rings. The number of rotatable bonds is 3. The Bertz CT molecular complexity index is 875. The molecule has 2 heterocycles. The number of aromatic nitrogens is 2. The van der Waals surface area contributed by atoms with Gasteiger partial charge in [-0.15, -0.1) is 21.5 Å². The first-order valence-electron chi connectivity index (χ1n) is 6.49. The lowest BCUT2D eigenvalue weighted by molar-refractivity contribution is -0.137. The van der Waals surface area contributed by atoms with Crippen molar-refractivity contribution in [2.75, 3.05) is 5.32 Å². The average Bonchev–Trinajstić information content (AvgIpc) is 3.15. The third kappa shape index (κ3) is 3.08. The zero-order valence-electron chi connectivity index (χ0n) is 11.8. The molecule has 0 aliphatic carbocycles. The Labute approximate surface area is 137 Å². The maximum absolute atomic E-state index is 13.2. The molecule has 3 aromatic rings. The molecule has 0 aliphatic heterocycles. The van der Waals surface area contributed by atoms with Crippen molar-refractivity contribution in [3.63, 3.8) is 0 Å². The number of carbonyl (C=O) groups excluding carboxylic acids is 1. The van der Waals surface area contributed by atoms with Gasteiger partial charge < -0.3 is 15.5 Å². The SMILES string of the molecule is NC(=O)Nc1cc(-c2ccccc2C(F)(F)F)sc1-c1nnco1. The molecule has 0 fully saturated rings. The molecule has 0 saturated heterocycles. The van der Waals surface area contributed by atoms with Gasteiger partial charge in [0.25, 0.3) is 5.89 Å². The number of alkyl halides is 3. The first-order valence-corrected chi connectivity index (χ1v) is 7.31. The van der Waals surface area contributed by atoms with E-state index in [9.17, 15) is 18.0 Å². The predicted molar refractivity (Wildman–Crippen MR) is 81.3 cm³/mol. The van der Waals surface area contributed by atoms with Gasteiger partial charge in [-0.05, 0) is 12.1 Å². The number of benzene rings is 1. The van der Waals surface area contributed by atoms with E-state index in [2.05, 4.69) is 15.5 Å². The zero-order chi connectivity index (χ0) is 17.3. The van der Waals surface area contributed by atoms with Crippen LogP contribution in [-0.2, 0) is 6.18 Å². The van der Waals surface area contributed by atoms with Crippen molar-refractivity contribution >= 4 is 23.1 Å². The molecule has 1 aromatic carbocycles. The Kier molecular flexibility index (Phi) is 3.97. The number of carbonyl (C=O) groups is 1. The molecule has 0 saturated carbocycles. The third-order valence-corrected chi connectivity index (χ3v) is 4.20.